The predicted octanol–water partition coefficient (Wildman–Crippen LogP) is 2.05. The van der Waals surface area contributed by atoms with Gasteiger partial charge in [0.1, 0.15) is 16.2 Å². The summed E-state index contributed by atoms with van der Waals surface area (Å²) < 4.78 is 2.43. The molecule has 1 aliphatic rings. The fraction of sp³-hybridized carbons (Fsp3) is 0.409. The van der Waals surface area contributed by atoms with E-state index >= 15 is 0 Å². The summed E-state index contributed by atoms with van der Waals surface area (Å²) in [5, 5.41) is 0.734. The third kappa shape index (κ3) is 3.89. The molecule has 1 aliphatic heterocycles. The highest BCUT2D eigenvalue weighted by Gasteiger charge is 2.25. The number of aromatic nitrogens is 4. The second kappa shape index (κ2) is 8.66. The molecule has 0 aliphatic carbocycles. The SMILES string of the molecule is CCCCc1nc(SCC(=O)N2CCc3ccccc32)c2c(=O)n(C)c(=O)n(C)c2n1. The number of amides is 1. The average Bonchev–Trinajstić information content (AvgIpc) is 3.22. The number of carbonyl (C=O) groups excluding carboxylic acids is 1. The maximum Gasteiger partial charge on any atom is 0.332 e. The second-order valence-electron chi connectivity index (χ2n) is 7.67. The molecule has 0 bridgehead atoms. The minimum atomic E-state index is -0.443. The van der Waals surface area contributed by atoms with Crippen molar-refractivity contribution < 1.29 is 4.79 Å². The standard InChI is InChI=1S/C22H25N5O3S/c1-4-5-10-16-23-19-18(21(29)26(3)22(30)25(19)2)20(24-16)31-13-17(28)27-12-11-14-8-6-7-9-15(14)27/h6-9H,4-5,10-13H2,1-3H3. The molecule has 162 valence electrons. The highest BCUT2D eigenvalue weighted by molar-refractivity contribution is 8.00. The van der Waals surface area contributed by atoms with Crippen LogP contribution in [0.3, 0.4) is 0 Å². The first-order chi connectivity index (χ1) is 14.9. The number of carbonyl (C=O) groups is 1. The summed E-state index contributed by atoms with van der Waals surface area (Å²) >= 11 is 1.23. The molecular formula is C22H25N5O3S. The van der Waals surface area contributed by atoms with Gasteiger partial charge in [0.2, 0.25) is 5.91 Å². The quantitative estimate of drug-likeness (QED) is 0.431. The van der Waals surface area contributed by atoms with Crippen molar-refractivity contribution in [2.24, 2.45) is 14.1 Å². The lowest BCUT2D eigenvalue weighted by Crippen LogP contribution is -2.38. The first-order valence-corrected chi connectivity index (χ1v) is 11.4. The molecular weight excluding hydrogens is 414 g/mol. The zero-order valence-corrected chi connectivity index (χ0v) is 18.7. The predicted molar refractivity (Wildman–Crippen MR) is 122 cm³/mol. The fourth-order valence-electron chi connectivity index (χ4n) is 3.83. The Morgan fingerprint density at radius 1 is 1.13 bits per heavy atom. The molecule has 31 heavy (non-hydrogen) atoms. The van der Waals surface area contributed by atoms with Gasteiger partial charge in [0.15, 0.2) is 5.65 Å². The number of rotatable bonds is 6. The van der Waals surface area contributed by atoms with Gasteiger partial charge in [-0.15, -0.1) is 0 Å². The van der Waals surface area contributed by atoms with Crippen LogP contribution in [-0.2, 0) is 31.7 Å². The second-order valence-corrected chi connectivity index (χ2v) is 8.63. The molecule has 0 saturated heterocycles. The van der Waals surface area contributed by atoms with Gasteiger partial charge >= 0.3 is 5.69 Å². The first-order valence-electron chi connectivity index (χ1n) is 10.4. The maximum atomic E-state index is 13.0. The Morgan fingerprint density at radius 2 is 1.90 bits per heavy atom. The lowest BCUT2D eigenvalue weighted by atomic mass is 10.2. The molecule has 3 heterocycles. The molecule has 9 heteroatoms. The lowest BCUT2D eigenvalue weighted by Gasteiger charge is -2.17. The van der Waals surface area contributed by atoms with E-state index in [1.807, 2.05) is 24.3 Å². The van der Waals surface area contributed by atoms with Crippen LogP contribution in [0.5, 0.6) is 0 Å². The first kappa shape index (κ1) is 21.3. The number of nitrogens with zero attached hydrogens (tertiary/aromatic N) is 5. The van der Waals surface area contributed by atoms with E-state index in [1.165, 1.54) is 28.9 Å². The minimum Gasteiger partial charge on any atom is -0.311 e. The van der Waals surface area contributed by atoms with E-state index in [1.54, 1.807) is 11.9 Å². The summed E-state index contributed by atoms with van der Waals surface area (Å²) in [6.07, 6.45) is 3.37. The number of para-hydroxylation sites is 1. The Bertz CT molecular complexity index is 1280. The highest BCUT2D eigenvalue weighted by atomic mass is 32.2. The van der Waals surface area contributed by atoms with Gasteiger partial charge in [0.25, 0.3) is 5.56 Å². The van der Waals surface area contributed by atoms with Crippen LogP contribution in [-0.4, -0.2) is 37.3 Å². The molecule has 0 N–H and O–H groups in total. The smallest absolute Gasteiger partial charge is 0.311 e. The number of anilines is 1. The molecule has 1 amide bonds. The van der Waals surface area contributed by atoms with Gasteiger partial charge < -0.3 is 4.90 Å². The van der Waals surface area contributed by atoms with E-state index in [-0.39, 0.29) is 17.0 Å². The number of fused-ring (bicyclic) bond motifs is 2. The zero-order valence-electron chi connectivity index (χ0n) is 17.9. The Kier molecular flexibility index (Phi) is 5.95. The van der Waals surface area contributed by atoms with E-state index < -0.39 is 11.2 Å². The molecule has 1 aromatic carbocycles. The monoisotopic (exact) mass is 439 g/mol. The Hall–Kier alpha value is -2.94. The topological polar surface area (TPSA) is 90.1 Å². The van der Waals surface area contributed by atoms with E-state index in [9.17, 15) is 14.4 Å². The van der Waals surface area contributed by atoms with E-state index in [4.69, 9.17) is 0 Å². The summed E-state index contributed by atoms with van der Waals surface area (Å²) in [4.78, 5) is 49.1. The van der Waals surface area contributed by atoms with Crippen molar-refractivity contribution in [1.29, 1.82) is 0 Å². The Balaban J connectivity index is 1.70. The minimum absolute atomic E-state index is 0.0292. The van der Waals surface area contributed by atoms with Crippen LogP contribution >= 0.6 is 11.8 Å². The zero-order chi connectivity index (χ0) is 22.1. The summed E-state index contributed by atoms with van der Waals surface area (Å²) in [6.45, 7) is 2.73. The average molecular weight is 440 g/mol. The van der Waals surface area contributed by atoms with Gasteiger partial charge in [-0.05, 0) is 24.5 Å². The molecule has 2 aromatic heterocycles. The van der Waals surface area contributed by atoms with Gasteiger partial charge in [0.05, 0.1) is 5.75 Å². The van der Waals surface area contributed by atoms with Crippen LogP contribution in [0, 0.1) is 0 Å². The van der Waals surface area contributed by atoms with Crippen molar-refractivity contribution in [1.82, 2.24) is 19.1 Å². The molecule has 4 rings (SSSR count). The van der Waals surface area contributed by atoms with Gasteiger partial charge in [-0.2, -0.15) is 0 Å². The fourth-order valence-corrected chi connectivity index (χ4v) is 4.74. The van der Waals surface area contributed by atoms with Crippen LogP contribution in [0.25, 0.3) is 11.0 Å². The van der Waals surface area contributed by atoms with Gasteiger partial charge in [-0.25, -0.2) is 14.8 Å². The van der Waals surface area contributed by atoms with Crippen molar-refractivity contribution in [3.8, 4) is 0 Å². The molecule has 8 nitrogen and oxygen atoms in total. The summed E-state index contributed by atoms with van der Waals surface area (Å²) in [6, 6.07) is 7.91. The molecule has 0 spiro atoms. The van der Waals surface area contributed by atoms with Crippen LogP contribution in [0.2, 0.25) is 0 Å². The largest absolute Gasteiger partial charge is 0.332 e. The van der Waals surface area contributed by atoms with Crippen molar-refractivity contribution in [2.75, 3.05) is 17.2 Å². The highest BCUT2D eigenvalue weighted by Crippen LogP contribution is 2.29. The van der Waals surface area contributed by atoms with Gasteiger partial charge in [-0.1, -0.05) is 43.3 Å². The van der Waals surface area contributed by atoms with Crippen molar-refractivity contribution >= 4 is 34.4 Å². The van der Waals surface area contributed by atoms with Gasteiger partial charge in [-0.3, -0.25) is 18.7 Å². The summed E-state index contributed by atoms with van der Waals surface area (Å²) in [5.41, 5.74) is 1.55. The van der Waals surface area contributed by atoms with Crippen LogP contribution in [0.15, 0.2) is 38.9 Å². The number of hydrogen-bond donors (Lipinski definition) is 0. The maximum absolute atomic E-state index is 13.0. The van der Waals surface area contributed by atoms with E-state index in [0.29, 0.717) is 29.5 Å². The molecule has 3 aromatic rings. The Labute approximate surface area is 183 Å². The van der Waals surface area contributed by atoms with Crippen LogP contribution in [0.4, 0.5) is 5.69 Å². The molecule has 0 fully saturated rings. The van der Waals surface area contributed by atoms with Crippen LogP contribution < -0.4 is 16.1 Å². The number of thioether (sulfide) groups is 1. The van der Waals surface area contributed by atoms with Crippen molar-refractivity contribution in [3.63, 3.8) is 0 Å². The van der Waals surface area contributed by atoms with E-state index in [0.717, 1.165) is 29.5 Å². The molecule has 0 radical (unpaired) electrons. The Morgan fingerprint density at radius 3 is 2.68 bits per heavy atom. The molecule has 0 atom stereocenters. The van der Waals surface area contributed by atoms with E-state index in [2.05, 4.69) is 16.9 Å². The molecule has 0 unspecified atom stereocenters. The third-order valence-corrected chi connectivity index (χ3v) is 6.55. The van der Waals surface area contributed by atoms with Crippen molar-refractivity contribution in [3.05, 3.63) is 56.5 Å². The summed E-state index contributed by atoms with van der Waals surface area (Å²) in [7, 11) is 3.04. The van der Waals surface area contributed by atoms with Crippen molar-refractivity contribution in [2.45, 2.75) is 37.6 Å². The lowest BCUT2D eigenvalue weighted by molar-refractivity contribution is -0.116. The van der Waals surface area contributed by atoms with Crippen LogP contribution in [0.1, 0.15) is 31.2 Å². The normalized spacial score (nSPS) is 13.1. The molecule has 0 saturated carbocycles. The number of hydrogen-bond acceptors (Lipinski definition) is 6. The third-order valence-electron chi connectivity index (χ3n) is 5.59. The summed E-state index contributed by atoms with van der Waals surface area (Å²) in [5.74, 6) is 0.706. The van der Waals surface area contributed by atoms with Gasteiger partial charge in [0, 0.05) is 32.7 Å². The number of benzene rings is 1. The number of aryl methyl sites for hydroxylation is 2. The number of unbranched alkanes of at least 4 members (excludes halogenated alkanes) is 1.